The monoisotopic (exact) mass is 852 g/mol. The van der Waals surface area contributed by atoms with Crippen LogP contribution in [-0.4, -0.2) is 73.6 Å². The molecule has 328 valence electrons. The summed E-state index contributed by atoms with van der Waals surface area (Å²) in [6.07, 6.45) is -7.75. The SMILES string of the molecule is O[C@@H]1O[C@H](COCc2ccccc2)[C@@H](O[C@@H]2O[C@H](COCc3ccccc3)[C@@H](OCc3ccccc3)[C@H]2OCc2ccccc2)[C@H](OCc2ccccc2)[C@H]1OCc1ccccc1. The number of aliphatic hydroxyl groups excluding tert-OH is 1. The molecule has 2 aliphatic heterocycles. The van der Waals surface area contributed by atoms with Gasteiger partial charge in [-0.15, -0.1) is 0 Å². The summed E-state index contributed by atoms with van der Waals surface area (Å²) in [4.78, 5) is 0. The number of hydrogen-bond acceptors (Lipinski definition) is 10. The first-order chi connectivity index (χ1) is 31.2. The van der Waals surface area contributed by atoms with Gasteiger partial charge >= 0.3 is 0 Å². The maximum absolute atomic E-state index is 11.8. The molecule has 6 aromatic carbocycles. The van der Waals surface area contributed by atoms with Gasteiger partial charge in [-0.05, 0) is 33.4 Å². The maximum atomic E-state index is 11.8. The molecular weight excluding hydrogens is 797 g/mol. The second-order valence-electron chi connectivity index (χ2n) is 15.8. The highest BCUT2D eigenvalue weighted by Crippen LogP contribution is 2.36. The summed E-state index contributed by atoms with van der Waals surface area (Å²) >= 11 is 0. The van der Waals surface area contributed by atoms with Gasteiger partial charge in [0.1, 0.15) is 42.7 Å². The van der Waals surface area contributed by atoms with Gasteiger partial charge in [0.2, 0.25) is 0 Å². The van der Waals surface area contributed by atoms with E-state index in [4.69, 9.17) is 42.6 Å². The van der Waals surface area contributed by atoms with Crippen LogP contribution >= 0.6 is 0 Å². The average molecular weight is 853 g/mol. The predicted octanol–water partition coefficient (Wildman–Crippen LogP) is 8.59. The largest absolute Gasteiger partial charge is 0.374 e. The standard InChI is InChI=1S/C53H56O10/c54-52-50(59-35-43-27-15-5-16-28-43)49(58-34-42-25-13-4-14-26-42)48(46(61-52)38-56-32-40-21-9-2-10-22-40)63-53-51(60-36-44-29-17-6-18-30-44)47(57-33-41-23-11-3-12-24-41)45(62-53)37-55-31-39-19-7-1-8-20-39/h1-30,45-54H,31-38H2/t45-,46-,47-,48-,49+,50-,51-,52-,53+/m1/s1. The quantitative estimate of drug-likeness (QED) is 0.0715. The van der Waals surface area contributed by atoms with Gasteiger partial charge in [-0.1, -0.05) is 182 Å². The zero-order valence-electron chi connectivity index (χ0n) is 35.3. The van der Waals surface area contributed by atoms with Gasteiger partial charge in [-0.2, -0.15) is 0 Å². The molecule has 0 bridgehead atoms. The molecule has 63 heavy (non-hydrogen) atoms. The summed E-state index contributed by atoms with van der Waals surface area (Å²) in [6.45, 7) is 2.01. The Hall–Kier alpha value is -5.08. The van der Waals surface area contributed by atoms with Crippen LogP contribution < -0.4 is 0 Å². The fourth-order valence-corrected chi connectivity index (χ4v) is 7.83. The van der Waals surface area contributed by atoms with Crippen LogP contribution in [0.25, 0.3) is 0 Å². The highest BCUT2D eigenvalue weighted by molar-refractivity contribution is 5.18. The maximum Gasteiger partial charge on any atom is 0.187 e. The Morgan fingerprint density at radius 1 is 0.333 bits per heavy atom. The number of hydrogen-bond donors (Lipinski definition) is 1. The Labute approximate surface area is 370 Å². The lowest BCUT2D eigenvalue weighted by molar-refractivity contribution is -0.339. The van der Waals surface area contributed by atoms with Gasteiger partial charge < -0.3 is 47.7 Å². The second kappa shape index (κ2) is 23.6. The lowest BCUT2D eigenvalue weighted by Crippen LogP contribution is -2.62. The molecule has 10 nitrogen and oxygen atoms in total. The molecule has 2 saturated heterocycles. The minimum atomic E-state index is -1.37. The number of aliphatic hydroxyl groups is 1. The van der Waals surface area contributed by atoms with Crippen LogP contribution in [0.4, 0.5) is 0 Å². The summed E-state index contributed by atoms with van der Waals surface area (Å²) in [5, 5.41) is 11.8. The molecule has 0 aliphatic carbocycles. The van der Waals surface area contributed by atoms with Crippen LogP contribution in [0.3, 0.4) is 0 Å². The first-order valence-corrected chi connectivity index (χ1v) is 21.7. The number of benzene rings is 6. The van der Waals surface area contributed by atoms with Gasteiger partial charge in [0.15, 0.2) is 12.6 Å². The van der Waals surface area contributed by atoms with Crippen molar-refractivity contribution in [2.24, 2.45) is 0 Å². The van der Waals surface area contributed by atoms with Crippen molar-refractivity contribution < 1.29 is 47.7 Å². The highest BCUT2D eigenvalue weighted by Gasteiger charge is 2.53. The molecule has 0 amide bonds. The van der Waals surface area contributed by atoms with E-state index in [1.165, 1.54) is 0 Å². The summed E-state index contributed by atoms with van der Waals surface area (Å²) in [6, 6.07) is 59.6. The van der Waals surface area contributed by atoms with E-state index < -0.39 is 55.3 Å². The Morgan fingerprint density at radius 2 is 0.651 bits per heavy atom. The van der Waals surface area contributed by atoms with E-state index >= 15 is 0 Å². The normalized spacial score (nSPS) is 24.6. The smallest absolute Gasteiger partial charge is 0.187 e. The van der Waals surface area contributed by atoms with Crippen molar-refractivity contribution in [1.82, 2.24) is 0 Å². The summed E-state index contributed by atoms with van der Waals surface area (Å²) in [5.74, 6) is 0. The first kappa shape index (κ1) is 44.5. The Kier molecular flexibility index (Phi) is 16.7. The van der Waals surface area contributed by atoms with Gasteiger partial charge in [-0.3, -0.25) is 0 Å². The molecule has 10 heteroatoms. The van der Waals surface area contributed by atoms with Gasteiger partial charge in [0.25, 0.3) is 0 Å². The van der Waals surface area contributed by atoms with Crippen LogP contribution in [0.5, 0.6) is 0 Å². The van der Waals surface area contributed by atoms with Crippen LogP contribution in [0, 0.1) is 0 Å². The minimum Gasteiger partial charge on any atom is -0.374 e. The third-order valence-electron chi connectivity index (χ3n) is 11.1. The van der Waals surface area contributed by atoms with Crippen molar-refractivity contribution in [3.63, 3.8) is 0 Å². The third kappa shape index (κ3) is 13.0. The molecule has 0 radical (unpaired) electrons. The number of ether oxygens (including phenoxy) is 9. The fourth-order valence-electron chi connectivity index (χ4n) is 7.83. The number of rotatable bonds is 22. The van der Waals surface area contributed by atoms with Crippen LogP contribution in [-0.2, 0) is 82.3 Å². The molecular formula is C53H56O10. The molecule has 8 rings (SSSR count). The topological polar surface area (TPSA) is 103 Å². The lowest BCUT2D eigenvalue weighted by Gasteiger charge is -2.45. The van der Waals surface area contributed by atoms with Crippen molar-refractivity contribution in [3.05, 3.63) is 215 Å². The van der Waals surface area contributed by atoms with Gasteiger partial charge in [-0.25, -0.2) is 0 Å². The van der Waals surface area contributed by atoms with Crippen LogP contribution in [0.2, 0.25) is 0 Å². The zero-order valence-corrected chi connectivity index (χ0v) is 35.3. The van der Waals surface area contributed by atoms with Gasteiger partial charge in [0.05, 0.1) is 52.9 Å². The average Bonchev–Trinajstić information content (AvgIpc) is 3.66. The van der Waals surface area contributed by atoms with Crippen molar-refractivity contribution in [3.8, 4) is 0 Å². The van der Waals surface area contributed by atoms with E-state index in [0.717, 1.165) is 33.4 Å². The molecule has 1 N–H and O–H groups in total. The van der Waals surface area contributed by atoms with E-state index in [1.807, 2.05) is 182 Å². The van der Waals surface area contributed by atoms with E-state index in [2.05, 4.69) is 0 Å². The van der Waals surface area contributed by atoms with Crippen molar-refractivity contribution in [1.29, 1.82) is 0 Å². The van der Waals surface area contributed by atoms with Crippen LogP contribution in [0.15, 0.2) is 182 Å². The van der Waals surface area contributed by atoms with Crippen LogP contribution in [0.1, 0.15) is 33.4 Å². The molecule has 0 saturated carbocycles. The molecule has 2 heterocycles. The Bertz CT molecular complexity index is 2150. The van der Waals surface area contributed by atoms with E-state index in [1.54, 1.807) is 0 Å². The Balaban J connectivity index is 1.11. The van der Waals surface area contributed by atoms with Gasteiger partial charge in [0, 0.05) is 0 Å². The summed E-state index contributed by atoms with van der Waals surface area (Å²) < 4.78 is 60.0. The van der Waals surface area contributed by atoms with Crippen molar-refractivity contribution >= 4 is 0 Å². The third-order valence-corrected chi connectivity index (χ3v) is 11.1. The summed E-state index contributed by atoms with van der Waals surface area (Å²) in [5.41, 5.74) is 5.91. The first-order valence-electron chi connectivity index (χ1n) is 21.7. The summed E-state index contributed by atoms with van der Waals surface area (Å²) in [7, 11) is 0. The van der Waals surface area contributed by atoms with E-state index in [-0.39, 0.29) is 33.0 Å². The molecule has 6 aromatic rings. The van der Waals surface area contributed by atoms with E-state index in [0.29, 0.717) is 19.8 Å². The van der Waals surface area contributed by atoms with Crippen molar-refractivity contribution in [2.45, 2.75) is 94.9 Å². The molecule has 2 aliphatic rings. The highest BCUT2D eigenvalue weighted by atomic mass is 16.8. The Morgan fingerprint density at radius 3 is 1.05 bits per heavy atom. The minimum absolute atomic E-state index is 0.0764. The molecule has 0 unspecified atom stereocenters. The molecule has 9 atom stereocenters. The second-order valence-corrected chi connectivity index (χ2v) is 15.8. The molecule has 0 spiro atoms. The van der Waals surface area contributed by atoms with E-state index in [9.17, 15) is 5.11 Å². The molecule has 2 fully saturated rings. The fraction of sp³-hybridized carbons (Fsp3) is 0.321. The lowest BCUT2D eigenvalue weighted by atomic mass is 9.97. The molecule has 0 aromatic heterocycles. The van der Waals surface area contributed by atoms with Crippen molar-refractivity contribution in [2.75, 3.05) is 13.2 Å². The zero-order chi connectivity index (χ0) is 42.9. The predicted molar refractivity (Wildman–Crippen MR) is 237 cm³/mol.